The number of aliphatic imine (C=N–C) groups is 1. The van der Waals surface area contributed by atoms with Gasteiger partial charge in [-0.3, -0.25) is 14.7 Å². The second-order valence-electron chi connectivity index (χ2n) is 6.10. The molecule has 3 heterocycles. The van der Waals surface area contributed by atoms with E-state index in [1.165, 1.54) is 18.3 Å². The lowest BCUT2D eigenvalue weighted by molar-refractivity contribution is -0.114. The van der Waals surface area contributed by atoms with Crippen LogP contribution in [0.15, 0.2) is 11.2 Å². The Bertz CT molecular complexity index is 615. The van der Waals surface area contributed by atoms with E-state index in [0.717, 1.165) is 55.2 Å². The van der Waals surface area contributed by atoms with Gasteiger partial charge in [0.1, 0.15) is 0 Å². The summed E-state index contributed by atoms with van der Waals surface area (Å²) in [7, 11) is 0. The minimum Gasteiger partial charge on any atom is -0.379 e. The van der Waals surface area contributed by atoms with Gasteiger partial charge >= 0.3 is 0 Å². The average Bonchev–Trinajstić information content (AvgIpc) is 3.16. The van der Waals surface area contributed by atoms with Crippen molar-refractivity contribution in [3.05, 3.63) is 11.1 Å². The van der Waals surface area contributed by atoms with E-state index in [9.17, 15) is 4.79 Å². The van der Waals surface area contributed by atoms with Gasteiger partial charge in [-0.1, -0.05) is 23.1 Å². The molecule has 1 aromatic rings. The molecule has 2 aliphatic heterocycles. The third kappa shape index (κ3) is 4.47. The van der Waals surface area contributed by atoms with Crippen molar-refractivity contribution in [2.24, 2.45) is 4.99 Å². The van der Waals surface area contributed by atoms with Crippen LogP contribution in [0.5, 0.6) is 0 Å². The summed E-state index contributed by atoms with van der Waals surface area (Å²) in [6.07, 6.45) is 1.83. The first-order valence-electron chi connectivity index (χ1n) is 8.05. The summed E-state index contributed by atoms with van der Waals surface area (Å²) in [5, 5.41) is 7.88. The Morgan fingerprint density at radius 2 is 2.33 bits per heavy atom. The molecule has 2 N–H and O–H groups in total. The number of nitrogens with one attached hydrogen (secondary N) is 2. The molecule has 0 radical (unpaired) electrons. The van der Waals surface area contributed by atoms with E-state index in [0.29, 0.717) is 5.13 Å². The third-order valence-corrected chi connectivity index (χ3v) is 6.39. The van der Waals surface area contributed by atoms with E-state index in [1.807, 2.05) is 6.20 Å². The van der Waals surface area contributed by atoms with Gasteiger partial charge < -0.3 is 15.4 Å². The topological polar surface area (TPSA) is 78.9 Å². The summed E-state index contributed by atoms with van der Waals surface area (Å²) < 4.78 is 5.36. The number of hydrogen-bond acceptors (Lipinski definition) is 7. The highest BCUT2D eigenvalue weighted by Gasteiger charge is 2.36. The predicted octanol–water partition coefficient (Wildman–Crippen LogP) is 1.34. The lowest BCUT2D eigenvalue weighted by atomic mass is 10.1. The zero-order chi connectivity index (χ0) is 17.0. The van der Waals surface area contributed by atoms with Gasteiger partial charge in [0.25, 0.3) is 0 Å². The molecule has 2 fully saturated rings. The summed E-state index contributed by atoms with van der Waals surface area (Å²) in [4.78, 5) is 23.6. The molecule has 0 bridgehead atoms. The smallest absolute Gasteiger partial charge is 0.223 e. The third-order valence-electron chi connectivity index (χ3n) is 3.99. The lowest BCUT2D eigenvalue weighted by Gasteiger charge is -2.25. The van der Waals surface area contributed by atoms with Crippen LogP contribution in [0.2, 0.25) is 0 Å². The van der Waals surface area contributed by atoms with Crippen molar-refractivity contribution in [1.29, 1.82) is 0 Å². The number of hydrogen-bond donors (Lipinski definition) is 2. The summed E-state index contributed by atoms with van der Waals surface area (Å²) >= 11 is 3.25. The highest BCUT2D eigenvalue weighted by molar-refractivity contribution is 8.14. The van der Waals surface area contributed by atoms with Crippen LogP contribution in [-0.4, -0.2) is 66.1 Å². The van der Waals surface area contributed by atoms with Crippen molar-refractivity contribution in [1.82, 2.24) is 15.2 Å². The molecule has 1 aromatic heterocycles. The van der Waals surface area contributed by atoms with Gasteiger partial charge in [0, 0.05) is 38.5 Å². The first-order valence-corrected chi connectivity index (χ1v) is 9.85. The van der Waals surface area contributed by atoms with Crippen LogP contribution in [0.25, 0.3) is 0 Å². The molecule has 1 amide bonds. The van der Waals surface area contributed by atoms with E-state index < -0.39 is 0 Å². The molecule has 1 unspecified atom stereocenters. The molecule has 0 aromatic carbocycles. The number of amidine groups is 1. The number of nitrogens with zero attached hydrogens (tertiary/aromatic N) is 3. The fraction of sp³-hybridized carbons (Fsp3) is 0.667. The van der Waals surface area contributed by atoms with Gasteiger partial charge in [0.05, 0.1) is 30.2 Å². The monoisotopic (exact) mass is 369 g/mol. The molecule has 7 nitrogen and oxygen atoms in total. The van der Waals surface area contributed by atoms with Gasteiger partial charge in [-0.15, -0.1) is 0 Å². The second-order valence-corrected chi connectivity index (χ2v) is 8.09. The van der Waals surface area contributed by atoms with Crippen molar-refractivity contribution in [3.8, 4) is 0 Å². The number of aromatic nitrogens is 1. The highest BCUT2D eigenvalue weighted by atomic mass is 32.2. The molecule has 0 saturated carbocycles. The van der Waals surface area contributed by atoms with Crippen molar-refractivity contribution < 1.29 is 9.53 Å². The van der Waals surface area contributed by atoms with E-state index in [4.69, 9.17) is 9.73 Å². The molecule has 9 heteroatoms. The van der Waals surface area contributed by atoms with Crippen LogP contribution in [-0.2, 0) is 15.1 Å². The van der Waals surface area contributed by atoms with Crippen LogP contribution in [0, 0.1) is 0 Å². The summed E-state index contributed by atoms with van der Waals surface area (Å²) in [5.74, 6) is 0.811. The van der Waals surface area contributed by atoms with E-state index in [-0.39, 0.29) is 11.4 Å². The first kappa shape index (κ1) is 17.7. The Balaban J connectivity index is 1.54. The minimum absolute atomic E-state index is 0.0971. The number of carbonyl (C=O) groups excluding carboxylic acids is 1. The minimum atomic E-state index is -0.184. The fourth-order valence-electron chi connectivity index (χ4n) is 2.59. The highest BCUT2D eigenvalue weighted by Crippen LogP contribution is 2.36. The summed E-state index contributed by atoms with van der Waals surface area (Å²) in [6, 6.07) is 0. The van der Waals surface area contributed by atoms with Crippen LogP contribution >= 0.6 is 23.1 Å². The molecular weight excluding hydrogens is 346 g/mol. The molecule has 132 valence electrons. The molecule has 2 saturated heterocycles. The average molecular weight is 370 g/mol. The van der Waals surface area contributed by atoms with Crippen molar-refractivity contribution >= 4 is 39.3 Å². The van der Waals surface area contributed by atoms with E-state index >= 15 is 0 Å². The number of morpholine rings is 1. The maximum Gasteiger partial charge on any atom is 0.223 e. The van der Waals surface area contributed by atoms with Crippen molar-refractivity contribution in [2.75, 3.05) is 50.5 Å². The van der Waals surface area contributed by atoms with Crippen LogP contribution in [0.3, 0.4) is 0 Å². The normalized spacial score (nSPS) is 26.5. The lowest BCUT2D eigenvalue weighted by Crippen LogP contribution is -2.38. The maximum atomic E-state index is 11.1. The molecular formula is C15H23N5O2S2. The standard InChI is InChI=1S/C15H23N5O2S2/c1-11(21)18-13-17-9-12(24-13)15(2)10-23-14(19-15)16-3-4-20-5-7-22-8-6-20/h9H,3-8,10H2,1-2H3,(H,16,19)(H,17,18,21). The Morgan fingerprint density at radius 1 is 1.54 bits per heavy atom. The zero-order valence-electron chi connectivity index (χ0n) is 14.0. The number of thioether (sulfide) groups is 1. The Hall–Kier alpha value is -1.16. The van der Waals surface area contributed by atoms with E-state index in [1.54, 1.807) is 11.8 Å². The number of ether oxygens (including phenoxy) is 1. The molecule has 0 aliphatic carbocycles. The Labute approximate surface area is 150 Å². The maximum absolute atomic E-state index is 11.1. The molecule has 0 spiro atoms. The zero-order valence-corrected chi connectivity index (χ0v) is 15.6. The molecule has 2 aliphatic rings. The second kappa shape index (κ2) is 7.81. The number of anilines is 1. The van der Waals surface area contributed by atoms with Gasteiger partial charge in [0.2, 0.25) is 5.91 Å². The van der Waals surface area contributed by atoms with Crippen LogP contribution in [0.1, 0.15) is 18.7 Å². The quantitative estimate of drug-likeness (QED) is 0.816. The number of carbonyl (C=O) groups is 1. The van der Waals surface area contributed by atoms with Gasteiger partial charge in [-0.25, -0.2) is 4.98 Å². The summed E-state index contributed by atoms with van der Waals surface area (Å²) in [5.41, 5.74) is -0.184. The van der Waals surface area contributed by atoms with Crippen molar-refractivity contribution in [3.63, 3.8) is 0 Å². The first-order chi connectivity index (χ1) is 11.5. The van der Waals surface area contributed by atoms with Gasteiger partial charge in [-0.05, 0) is 6.92 Å². The fourth-order valence-corrected chi connectivity index (χ4v) is 4.78. The molecule has 3 rings (SSSR count). The van der Waals surface area contributed by atoms with Gasteiger partial charge in [0.15, 0.2) is 10.3 Å². The largest absolute Gasteiger partial charge is 0.379 e. The van der Waals surface area contributed by atoms with Gasteiger partial charge in [-0.2, -0.15) is 0 Å². The molecule has 1 atom stereocenters. The number of rotatable bonds is 5. The predicted molar refractivity (Wildman–Crippen MR) is 98.9 cm³/mol. The number of thiazole rings is 1. The Kier molecular flexibility index (Phi) is 5.75. The van der Waals surface area contributed by atoms with Crippen LogP contribution < -0.4 is 10.6 Å². The van der Waals surface area contributed by atoms with Crippen molar-refractivity contribution in [2.45, 2.75) is 19.4 Å². The Morgan fingerprint density at radius 3 is 3.08 bits per heavy atom. The number of amides is 1. The SMILES string of the molecule is CC(=O)Nc1ncc(C2(C)CSC(=NCCN3CCOCC3)N2)s1. The molecule has 24 heavy (non-hydrogen) atoms. The van der Waals surface area contributed by atoms with E-state index in [2.05, 4.69) is 27.4 Å². The van der Waals surface area contributed by atoms with Crippen LogP contribution in [0.4, 0.5) is 5.13 Å². The summed E-state index contributed by atoms with van der Waals surface area (Å²) in [6.45, 7) is 9.05.